The summed E-state index contributed by atoms with van der Waals surface area (Å²) in [6.45, 7) is 2.09. The molecular weight excluding hydrogens is 302 g/mol. The molecule has 0 saturated heterocycles. The highest BCUT2D eigenvalue weighted by molar-refractivity contribution is 5.46. The lowest BCUT2D eigenvalue weighted by Gasteiger charge is -2.15. The minimum Gasteiger partial charge on any atom is -0.496 e. The summed E-state index contributed by atoms with van der Waals surface area (Å²) in [6.07, 6.45) is 1.54. The van der Waals surface area contributed by atoms with Crippen LogP contribution in [-0.4, -0.2) is 21.3 Å². The van der Waals surface area contributed by atoms with Gasteiger partial charge in [0, 0.05) is 0 Å². The Labute approximate surface area is 143 Å². The molecule has 0 aliphatic heterocycles. The van der Waals surface area contributed by atoms with Crippen molar-refractivity contribution in [2.45, 2.75) is 25.7 Å². The summed E-state index contributed by atoms with van der Waals surface area (Å²) in [7, 11) is 4.87. The van der Waals surface area contributed by atoms with Crippen molar-refractivity contribution in [2.75, 3.05) is 21.3 Å². The Morgan fingerprint density at radius 2 is 1.58 bits per heavy atom. The number of nitriles is 1. The first-order valence-electron chi connectivity index (χ1n) is 7.94. The fraction of sp³-hybridized carbons (Fsp3) is 0.350. The molecule has 2 rings (SSSR count). The number of benzene rings is 2. The van der Waals surface area contributed by atoms with E-state index in [1.54, 1.807) is 21.3 Å². The van der Waals surface area contributed by atoms with Gasteiger partial charge in [0.2, 0.25) is 0 Å². The Hall–Kier alpha value is -2.67. The zero-order chi connectivity index (χ0) is 17.5. The van der Waals surface area contributed by atoms with E-state index in [0.29, 0.717) is 17.9 Å². The molecule has 1 atom stereocenters. The molecule has 0 radical (unpaired) electrons. The van der Waals surface area contributed by atoms with Crippen LogP contribution in [0.4, 0.5) is 0 Å². The lowest BCUT2D eigenvalue weighted by Crippen LogP contribution is -2.03. The zero-order valence-electron chi connectivity index (χ0n) is 14.6. The Balaban J connectivity index is 2.28. The van der Waals surface area contributed by atoms with Crippen LogP contribution < -0.4 is 14.2 Å². The third kappa shape index (κ3) is 3.80. The molecule has 0 aliphatic rings. The van der Waals surface area contributed by atoms with Crippen LogP contribution in [0.3, 0.4) is 0 Å². The van der Waals surface area contributed by atoms with Crippen LogP contribution in [0.5, 0.6) is 17.2 Å². The van der Waals surface area contributed by atoms with Crippen molar-refractivity contribution in [3.63, 3.8) is 0 Å². The molecule has 2 aromatic carbocycles. The molecule has 4 heteroatoms. The monoisotopic (exact) mass is 325 g/mol. The van der Waals surface area contributed by atoms with Crippen LogP contribution in [0.15, 0.2) is 36.4 Å². The van der Waals surface area contributed by atoms with Gasteiger partial charge >= 0.3 is 0 Å². The van der Waals surface area contributed by atoms with Crippen molar-refractivity contribution >= 4 is 0 Å². The van der Waals surface area contributed by atoms with Crippen LogP contribution in [0, 0.1) is 11.3 Å². The van der Waals surface area contributed by atoms with Crippen LogP contribution in [-0.2, 0) is 12.8 Å². The number of ether oxygens (including phenoxy) is 3. The Morgan fingerprint density at radius 1 is 0.917 bits per heavy atom. The Bertz CT molecular complexity index is 734. The number of methoxy groups -OCH3 is 3. The quantitative estimate of drug-likeness (QED) is 0.768. The molecule has 0 N–H and O–H groups in total. The normalized spacial score (nSPS) is 11.5. The molecule has 0 aliphatic carbocycles. The van der Waals surface area contributed by atoms with Gasteiger partial charge in [0.1, 0.15) is 5.75 Å². The molecular formula is C20H23NO3. The van der Waals surface area contributed by atoms with Gasteiger partial charge in [-0.2, -0.15) is 5.26 Å². The van der Waals surface area contributed by atoms with E-state index < -0.39 is 0 Å². The fourth-order valence-corrected chi connectivity index (χ4v) is 2.78. The molecule has 0 bridgehead atoms. The summed E-state index contributed by atoms with van der Waals surface area (Å²) < 4.78 is 16.0. The fourth-order valence-electron chi connectivity index (χ4n) is 2.78. The van der Waals surface area contributed by atoms with Crippen molar-refractivity contribution < 1.29 is 14.2 Å². The van der Waals surface area contributed by atoms with Gasteiger partial charge in [0.05, 0.1) is 33.3 Å². The Kier molecular flexibility index (Phi) is 6.08. The third-order valence-electron chi connectivity index (χ3n) is 4.13. The SMILES string of the molecule is CCc1cc(CC(C#N)c2ccc(OC)c(OC)c2)ccc1OC. The largest absolute Gasteiger partial charge is 0.496 e. The Morgan fingerprint density at radius 3 is 2.17 bits per heavy atom. The van der Waals surface area contributed by atoms with Crippen LogP contribution >= 0.6 is 0 Å². The molecule has 0 spiro atoms. The lowest BCUT2D eigenvalue weighted by molar-refractivity contribution is 0.354. The number of hydrogen-bond donors (Lipinski definition) is 0. The van der Waals surface area contributed by atoms with Crippen molar-refractivity contribution in [1.82, 2.24) is 0 Å². The molecule has 24 heavy (non-hydrogen) atoms. The van der Waals surface area contributed by atoms with E-state index in [9.17, 15) is 5.26 Å². The van der Waals surface area contributed by atoms with Crippen LogP contribution in [0.1, 0.15) is 29.5 Å². The van der Waals surface area contributed by atoms with Gasteiger partial charge in [-0.1, -0.05) is 25.1 Å². The number of rotatable bonds is 7. The number of hydrogen-bond acceptors (Lipinski definition) is 4. The van der Waals surface area contributed by atoms with E-state index in [0.717, 1.165) is 28.9 Å². The van der Waals surface area contributed by atoms with Gasteiger partial charge in [-0.15, -0.1) is 0 Å². The van der Waals surface area contributed by atoms with E-state index in [-0.39, 0.29) is 5.92 Å². The topological polar surface area (TPSA) is 51.5 Å². The zero-order valence-corrected chi connectivity index (χ0v) is 14.6. The van der Waals surface area contributed by atoms with Crippen molar-refractivity contribution in [1.29, 1.82) is 5.26 Å². The third-order valence-corrected chi connectivity index (χ3v) is 4.13. The van der Waals surface area contributed by atoms with E-state index in [1.807, 2.05) is 30.3 Å². The second-order valence-corrected chi connectivity index (χ2v) is 5.50. The summed E-state index contributed by atoms with van der Waals surface area (Å²) in [6, 6.07) is 14.1. The minimum atomic E-state index is -0.247. The van der Waals surface area contributed by atoms with Crippen LogP contribution in [0.25, 0.3) is 0 Å². The van der Waals surface area contributed by atoms with Gasteiger partial charge in [0.15, 0.2) is 11.5 Å². The summed E-state index contributed by atoms with van der Waals surface area (Å²) >= 11 is 0. The number of nitrogens with zero attached hydrogens (tertiary/aromatic N) is 1. The van der Waals surface area contributed by atoms with Gasteiger partial charge in [0.25, 0.3) is 0 Å². The average Bonchev–Trinajstić information content (AvgIpc) is 2.65. The molecule has 0 aromatic heterocycles. The van der Waals surface area contributed by atoms with Gasteiger partial charge < -0.3 is 14.2 Å². The number of aryl methyl sites for hydroxylation is 1. The highest BCUT2D eigenvalue weighted by Crippen LogP contribution is 2.32. The maximum atomic E-state index is 9.61. The second kappa shape index (κ2) is 8.26. The molecule has 0 heterocycles. The van der Waals surface area contributed by atoms with E-state index in [2.05, 4.69) is 19.1 Å². The molecule has 1 unspecified atom stereocenters. The van der Waals surface area contributed by atoms with Gasteiger partial charge in [-0.3, -0.25) is 0 Å². The highest BCUT2D eigenvalue weighted by Gasteiger charge is 2.15. The minimum absolute atomic E-state index is 0.247. The predicted molar refractivity (Wildman–Crippen MR) is 94.0 cm³/mol. The predicted octanol–water partition coefficient (Wildman–Crippen LogP) is 4.12. The first-order chi connectivity index (χ1) is 11.7. The molecule has 0 fully saturated rings. The average molecular weight is 325 g/mol. The van der Waals surface area contributed by atoms with Gasteiger partial charge in [-0.05, 0) is 47.7 Å². The standard InChI is InChI=1S/C20H23NO3/c1-5-15-10-14(6-8-18(15)22-2)11-17(13-21)16-7-9-19(23-3)20(12-16)24-4/h6-10,12,17H,5,11H2,1-4H3. The molecule has 0 amide bonds. The van der Waals surface area contributed by atoms with E-state index in [1.165, 1.54) is 0 Å². The van der Waals surface area contributed by atoms with Crippen LogP contribution in [0.2, 0.25) is 0 Å². The van der Waals surface area contributed by atoms with Crippen molar-refractivity contribution in [3.05, 3.63) is 53.1 Å². The molecule has 0 saturated carbocycles. The summed E-state index contributed by atoms with van der Waals surface area (Å²) in [5, 5.41) is 9.61. The second-order valence-electron chi connectivity index (χ2n) is 5.50. The van der Waals surface area contributed by atoms with E-state index >= 15 is 0 Å². The first-order valence-corrected chi connectivity index (χ1v) is 7.94. The van der Waals surface area contributed by atoms with Crippen molar-refractivity contribution in [2.24, 2.45) is 0 Å². The molecule has 4 nitrogen and oxygen atoms in total. The van der Waals surface area contributed by atoms with Gasteiger partial charge in [-0.25, -0.2) is 0 Å². The highest BCUT2D eigenvalue weighted by atomic mass is 16.5. The maximum Gasteiger partial charge on any atom is 0.161 e. The smallest absolute Gasteiger partial charge is 0.161 e. The molecule has 2 aromatic rings. The summed E-state index contributed by atoms with van der Waals surface area (Å²) in [5.74, 6) is 1.94. The maximum absolute atomic E-state index is 9.61. The summed E-state index contributed by atoms with van der Waals surface area (Å²) in [4.78, 5) is 0. The van der Waals surface area contributed by atoms with E-state index in [4.69, 9.17) is 14.2 Å². The van der Waals surface area contributed by atoms with Crippen molar-refractivity contribution in [3.8, 4) is 23.3 Å². The first kappa shape index (κ1) is 17.7. The summed E-state index contributed by atoms with van der Waals surface area (Å²) in [5.41, 5.74) is 3.19. The molecule has 126 valence electrons. The lowest BCUT2D eigenvalue weighted by atomic mass is 9.92.